The van der Waals surface area contributed by atoms with E-state index >= 15 is 0 Å². The molecule has 2 aromatic rings. The molecule has 0 unspecified atom stereocenters. The minimum atomic E-state index is -1.10. The topological polar surface area (TPSA) is 50.2 Å². The number of rotatable bonds is 1. The van der Waals surface area contributed by atoms with Crippen LogP contribution in [-0.4, -0.2) is 16.1 Å². The fourth-order valence-electron chi connectivity index (χ4n) is 1.53. The molecule has 1 N–H and O–H groups in total. The van der Waals surface area contributed by atoms with Crippen molar-refractivity contribution in [1.82, 2.24) is 4.98 Å². The van der Waals surface area contributed by atoms with Gasteiger partial charge in [-0.25, -0.2) is 14.2 Å². The van der Waals surface area contributed by atoms with E-state index in [0.717, 1.165) is 0 Å². The van der Waals surface area contributed by atoms with Crippen molar-refractivity contribution in [1.29, 1.82) is 0 Å². The van der Waals surface area contributed by atoms with Gasteiger partial charge in [-0.3, -0.25) is 0 Å². The van der Waals surface area contributed by atoms with E-state index in [-0.39, 0.29) is 11.5 Å². The lowest BCUT2D eigenvalue weighted by Gasteiger charge is -2.03. The van der Waals surface area contributed by atoms with E-state index in [1.165, 1.54) is 18.2 Å². The number of fused-ring (bicyclic) bond motifs is 1. The smallest absolute Gasteiger partial charge is 0.355 e. The Balaban J connectivity index is 2.86. The quantitative estimate of drug-likeness (QED) is 0.777. The molecule has 0 aliphatic heterocycles. The highest BCUT2D eigenvalue weighted by Crippen LogP contribution is 2.19. The first-order chi connectivity index (χ1) is 7.08. The first-order valence-corrected chi connectivity index (χ1v) is 4.38. The zero-order valence-electron chi connectivity index (χ0n) is 7.99. The Bertz CT molecular complexity index is 546. The monoisotopic (exact) mass is 205 g/mol. The van der Waals surface area contributed by atoms with E-state index in [9.17, 15) is 9.18 Å². The molecule has 0 aliphatic carbocycles. The van der Waals surface area contributed by atoms with Gasteiger partial charge in [0.1, 0.15) is 5.82 Å². The molecule has 1 heterocycles. The maximum absolute atomic E-state index is 12.9. The van der Waals surface area contributed by atoms with Gasteiger partial charge in [0.2, 0.25) is 0 Å². The predicted molar refractivity (Wildman–Crippen MR) is 53.4 cm³/mol. The minimum absolute atomic E-state index is 0.0370. The number of benzene rings is 1. The molecule has 1 aromatic carbocycles. The number of hydrogen-bond donors (Lipinski definition) is 1. The summed E-state index contributed by atoms with van der Waals surface area (Å²) in [6.07, 6.45) is 0. The van der Waals surface area contributed by atoms with Gasteiger partial charge in [-0.05, 0) is 36.6 Å². The van der Waals surface area contributed by atoms with Crippen LogP contribution in [0.1, 0.15) is 16.2 Å². The van der Waals surface area contributed by atoms with Gasteiger partial charge in [0.25, 0.3) is 0 Å². The lowest BCUT2D eigenvalue weighted by atomic mass is 10.1. The van der Waals surface area contributed by atoms with Crippen molar-refractivity contribution in [3.05, 3.63) is 41.5 Å². The zero-order chi connectivity index (χ0) is 11.0. The second-order valence-electron chi connectivity index (χ2n) is 3.28. The van der Waals surface area contributed by atoms with Crippen molar-refractivity contribution in [2.75, 3.05) is 0 Å². The third kappa shape index (κ3) is 1.66. The molecule has 2 rings (SSSR count). The van der Waals surface area contributed by atoms with Gasteiger partial charge >= 0.3 is 5.97 Å². The first-order valence-electron chi connectivity index (χ1n) is 4.38. The SMILES string of the molecule is Cc1cc2cc(F)ccc2c(C(=O)O)n1. The molecule has 15 heavy (non-hydrogen) atoms. The highest BCUT2D eigenvalue weighted by atomic mass is 19.1. The van der Waals surface area contributed by atoms with Crippen LogP contribution < -0.4 is 0 Å². The molecular formula is C11H8FNO2. The third-order valence-electron chi connectivity index (χ3n) is 2.12. The summed E-state index contributed by atoms with van der Waals surface area (Å²) in [6.45, 7) is 1.68. The molecule has 76 valence electrons. The van der Waals surface area contributed by atoms with E-state index in [4.69, 9.17) is 5.11 Å². The van der Waals surface area contributed by atoms with Crippen LogP contribution in [0.25, 0.3) is 10.8 Å². The second kappa shape index (κ2) is 3.31. The van der Waals surface area contributed by atoms with Gasteiger partial charge in [0, 0.05) is 11.1 Å². The average Bonchev–Trinajstić information content (AvgIpc) is 2.15. The van der Waals surface area contributed by atoms with Crippen molar-refractivity contribution in [2.45, 2.75) is 6.92 Å². The summed E-state index contributed by atoms with van der Waals surface area (Å²) in [5, 5.41) is 9.93. The van der Waals surface area contributed by atoms with E-state index in [0.29, 0.717) is 16.5 Å². The summed E-state index contributed by atoms with van der Waals surface area (Å²) in [6, 6.07) is 5.62. The molecule has 0 aliphatic rings. The number of aromatic carboxylic acids is 1. The average molecular weight is 205 g/mol. The Hall–Kier alpha value is -1.97. The normalized spacial score (nSPS) is 10.5. The second-order valence-corrected chi connectivity index (χ2v) is 3.28. The van der Waals surface area contributed by atoms with Crippen LogP contribution in [-0.2, 0) is 0 Å². The number of aromatic nitrogens is 1. The largest absolute Gasteiger partial charge is 0.476 e. The van der Waals surface area contributed by atoms with Gasteiger partial charge in [-0.2, -0.15) is 0 Å². The van der Waals surface area contributed by atoms with Gasteiger partial charge in [-0.15, -0.1) is 0 Å². The number of aryl methyl sites for hydroxylation is 1. The predicted octanol–water partition coefficient (Wildman–Crippen LogP) is 2.38. The van der Waals surface area contributed by atoms with Crippen LogP contribution in [0.2, 0.25) is 0 Å². The van der Waals surface area contributed by atoms with Gasteiger partial charge < -0.3 is 5.11 Å². The number of carbonyl (C=O) groups is 1. The maximum atomic E-state index is 12.9. The lowest BCUT2D eigenvalue weighted by molar-refractivity contribution is 0.0692. The third-order valence-corrected chi connectivity index (χ3v) is 2.12. The van der Waals surface area contributed by atoms with E-state index in [1.54, 1.807) is 13.0 Å². The maximum Gasteiger partial charge on any atom is 0.355 e. The van der Waals surface area contributed by atoms with Gasteiger partial charge in [0.15, 0.2) is 5.69 Å². The molecule has 0 spiro atoms. The van der Waals surface area contributed by atoms with Gasteiger partial charge in [0.05, 0.1) is 0 Å². The van der Waals surface area contributed by atoms with Crippen molar-refractivity contribution >= 4 is 16.7 Å². The zero-order valence-corrected chi connectivity index (χ0v) is 7.99. The van der Waals surface area contributed by atoms with Crippen LogP contribution >= 0.6 is 0 Å². The summed E-state index contributed by atoms with van der Waals surface area (Å²) >= 11 is 0. The molecule has 0 saturated carbocycles. The Morgan fingerprint density at radius 2 is 2.13 bits per heavy atom. The summed E-state index contributed by atoms with van der Waals surface area (Å²) in [5.74, 6) is -1.49. The number of halogens is 1. The number of carboxylic acid groups (broad SMARTS) is 1. The van der Waals surface area contributed by atoms with E-state index in [1.807, 2.05) is 0 Å². The van der Waals surface area contributed by atoms with Crippen molar-refractivity contribution in [3.8, 4) is 0 Å². The molecule has 0 atom stereocenters. The molecule has 1 aromatic heterocycles. The van der Waals surface area contributed by atoms with Gasteiger partial charge in [-0.1, -0.05) is 0 Å². The highest BCUT2D eigenvalue weighted by Gasteiger charge is 2.11. The molecule has 0 saturated heterocycles. The molecule has 3 nitrogen and oxygen atoms in total. The molecule has 0 bridgehead atoms. The highest BCUT2D eigenvalue weighted by molar-refractivity contribution is 6.01. The van der Waals surface area contributed by atoms with Crippen molar-refractivity contribution in [3.63, 3.8) is 0 Å². The van der Waals surface area contributed by atoms with Crippen LogP contribution in [0.5, 0.6) is 0 Å². The Morgan fingerprint density at radius 1 is 1.40 bits per heavy atom. The van der Waals surface area contributed by atoms with Crippen molar-refractivity contribution < 1.29 is 14.3 Å². The Morgan fingerprint density at radius 3 is 2.80 bits per heavy atom. The standard InChI is InChI=1S/C11H8FNO2/c1-6-4-7-5-8(12)2-3-9(7)10(13-6)11(14)15/h2-5H,1H3,(H,14,15). The minimum Gasteiger partial charge on any atom is -0.476 e. The molecule has 0 amide bonds. The van der Waals surface area contributed by atoms with Crippen LogP contribution in [0.3, 0.4) is 0 Å². The molecule has 4 heteroatoms. The van der Waals surface area contributed by atoms with E-state index < -0.39 is 5.97 Å². The fraction of sp³-hybridized carbons (Fsp3) is 0.0909. The van der Waals surface area contributed by atoms with Crippen molar-refractivity contribution in [2.24, 2.45) is 0 Å². The lowest BCUT2D eigenvalue weighted by Crippen LogP contribution is -2.02. The summed E-state index contributed by atoms with van der Waals surface area (Å²) in [5.41, 5.74) is 0.524. The molecule has 0 fully saturated rings. The Kier molecular flexibility index (Phi) is 2.11. The summed E-state index contributed by atoms with van der Waals surface area (Å²) in [7, 11) is 0. The molecular weight excluding hydrogens is 197 g/mol. The number of nitrogens with zero attached hydrogens (tertiary/aromatic N) is 1. The number of pyridine rings is 1. The fourth-order valence-corrected chi connectivity index (χ4v) is 1.53. The van der Waals surface area contributed by atoms with E-state index in [2.05, 4.69) is 4.98 Å². The van der Waals surface area contributed by atoms with Crippen LogP contribution in [0.15, 0.2) is 24.3 Å². The van der Waals surface area contributed by atoms with Crippen LogP contribution in [0, 0.1) is 12.7 Å². The van der Waals surface area contributed by atoms with Crippen LogP contribution in [0.4, 0.5) is 4.39 Å². The Labute approximate surface area is 85.2 Å². The number of carboxylic acids is 1. The molecule has 0 radical (unpaired) electrons. The number of hydrogen-bond acceptors (Lipinski definition) is 2. The summed E-state index contributed by atoms with van der Waals surface area (Å²) < 4.78 is 12.9. The first kappa shape index (κ1) is 9.58. The summed E-state index contributed by atoms with van der Waals surface area (Å²) in [4.78, 5) is 14.8.